The number of nitrogens with one attached hydrogen (secondary N) is 1. The molecule has 0 amide bonds. The lowest BCUT2D eigenvalue weighted by Crippen LogP contribution is -2.00. The van der Waals surface area contributed by atoms with Crippen LogP contribution in [-0.2, 0) is 0 Å². The third-order valence-corrected chi connectivity index (χ3v) is 2.73. The normalized spacial score (nSPS) is 10.2. The highest BCUT2D eigenvalue weighted by molar-refractivity contribution is 5.64. The fourth-order valence-corrected chi connectivity index (χ4v) is 1.80. The molecule has 0 fully saturated rings. The monoisotopic (exact) mass is 243 g/mol. The van der Waals surface area contributed by atoms with E-state index in [1.165, 1.54) is 0 Å². The SMILES string of the molecule is CCNc1ccc(-c2ccc(OC)cc2C)nn1. The zero-order valence-electron chi connectivity index (χ0n) is 10.9. The molecule has 0 aliphatic carbocycles. The van der Waals surface area contributed by atoms with E-state index in [1.54, 1.807) is 7.11 Å². The summed E-state index contributed by atoms with van der Waals surface area (Å²) in [5.41, 5.74) is 3.07. The molecule has 94 valence electrons. The zero-order valence-corrected chi connectivity index (χ0v) is 10.9. The Kier molecular flexibility index (Phi) is 3.77. The van der Waals surface area contributed by atoms with Gasteiger partial charge in [0.25, 0.3) is 0 Å². The van der Waals surface area contributed by atoms with Crippen molar-refractivity contribution < 1.29 is 4.74 Å². The Labute approximate surface area is 107 Å². The highest BCUT2D eigenvalue weighted by Gasteiger charge is 2.05. The predicted octanol–water partition coefficient (Wildman–Crippen LogP) is 2.89. The number of nitrogens with zero attached hydrogens (tertiary/aromatic N) is 2. The van der Waals surface area contributed by atoms with Gasteiger partial charge in [-0.05, 0) is 49.7 Å². The lowest BCUT2D eigenvalue weighted by Gasteiger charge is -2.08. The molecule has 4 nitrogen and oxygen atoms in total. The molecular formula is C14H17N3O. The number of aryl methyl sites for hydroxylation is 1. The number of hydrogen-bond donors (Lipinski definition) is 1. The van der Waals surface area contributed by atoms with Crippen LogP contribution in [0.4, 0.5) is 5.82 Å². The molecule has 0 saturated heterocycles. The van der Waals surface area contributed by atoms with Crippen LogP contribution in [0.15, 0.2) is 30.3 Å². The molecule has 2 aromatic rings. The lowest BCUT2D eigenvalue weighted by atomic mass is 10.1. The molecule has 18 heavy (non-hydrogen) atoms. The van der Waals surface area contributed by atoms with Gasteiger partial charge in [0.05, 0.1) is 12.8 Å². The van der Waals surface area contributed by atoms with Crippen LogP contribution in [0.2, 0.25) is 0 Å². The molecule has 1 aromatic carbocycles. The summed E-state index contributed by atoms with van der Waals surface area (Å²) in [6.07, 6.45) is 0. The van der Waals surface area contributed by atoms with Gasteiger partial charge in [-0.15, -0.1) is 10.2 Å². The molecule has 4 heteroatoms. The van der Waals surface area contributed by atoms with Crippen LogP contribution < -0.4 is 10.1 Å². The lowest BCUT2D eigenvalue weighted by molar-refractivity contribution is 0.414. The van der Waals surface area contributed by atoms with E-state index in [2.05, 4.69) is 15.5 Å². The molecular weight excluding hydrogens is 226 g/mol. The third kappa shape index (κ3) is 2.59. The summed E-state index contributed by atoms with van der Waals surface area (Å²) in [6, 6.07) is 9.85. The highest BCUT2D eigenvalue weighted by Crippen LogP contribution is 2.25. The van der Waals surface area contributed by atoms with E-state index in [1.807, 2.05) is 44.2 Å². The molecule has 0 unspecified atom stereocenters. The van der Waals surface area contributed by atoms with Gasteiger partial charge in [0.15, 0.2) is 0 Å². The van der Waals surface area contributed by atoms with E-state index in [0.717, 1.165) is 34.9 Å². The van der Waals surface area contributed by atoms with Crippen LogP contribution in [0, 0.1) is 6.92 Å². The highest BCUT2D eigenvalue weighted by atomic mass is 16.5. The summed E-state index contributed by atoms with van der Waals surface area (Å²) in [4.78, 5) is 0. The average Bonchev–Trinajstić information content (AvgIpc) is 2.40. The Hall–Kier alpha value is -2.10. The molecule has 0 bridgehead atoms. The Balaban J connectivity index is 2.30. The van der Waals surface area contributed by atoms with Crippen molar-refractivity contribution in [3.8, 4) is 17.0 Å². The largest absolute Gasteiger partial charge is 0.497 e. The van der Waals surface area contributed by atoms with Gasteiger partial charge >= 0.3 is 0 Å². The van der Waals surface area contributed by atoms with Gasteiger partial charge < -0.3 is 10.1 Å². The first-order valence-corrected chi connectivity index (χ1v) is 5.97. The van der Waals surface area contributed by atoms with Gasteiger partial charge in [-0.2, -0.15) is 0 Å². The number of rotatable bonds is 4. The Bertz CT molecular complexity index is 523. The van der Waals surface area contributed by atoms with E-state index in [9.17, 15) is 0 Å². The van der Waals surface area contributed by atoms with E-state index < -0.39 is 0 Å². The first-order chi connectivity index (χ1) is 8.74. The van der Waals surface area contributed by atoms with Crippen molar-refractivity contribution >= 4 is 5.82 Å². The zero-order chi connectivity index (χ0) is 13.0. The van der Waals surface area contributed by atoms with Crippen molar-refractivity contribution in [2.45, 2.75) is 13.8 Å². The van der Waals surface area contributed by atoms with Gasteiger partial charge in [0.2, 0.25) is 0 Å². The van der Waals surface area contributed by atoms with Crippen molar-refractivity contribution in [2.24, 2.45) is 0 Å². The van der Waals surface area contributed by atoms with Crippen molar-refractivity contribution in [3.63, 3.8) is 0 Å². The van der Waals surface area contributed by atoms with Gasteiger partial charge in [0.1, 0.15) is 11.6 Å². The topological polar surface area (TPSA) is 47.0 Å². The van der Waals surface area contributed by atoms with E-state index in [-0.39, 0.29) is 0 Å². The van der Waals surface area contributed by atoms with Crippen molar-refractivity contribution in [2.75, 3.05) is 19.0 Å². The van der Waals surface area contributed by atoms with E-state index in [0.29, 0.717) is 0 Å². The molecule has 0 aliphatic rings. The number of ether oxygens (including phenoxy) is 1. The first-order valence-electron chi connectivity index (χ1n) is 5.97. The first kappa shape index (κ1) is 12.4. The molecule has 0 spiro atoms. The number of anilines is 1. The molecule has 1 aromatic heterocycles. The summed E-state index contributed by atoms with van der Waals surface area (Å²) in [7, 11) is 1.67. The van der Waals surface area contributed by atoms with Crippen LogP contribution in [-0.4, -0.2) is 23.9 Å². The van der Waals surface area contributed by atoms with Gasteiger partial charge in [-0.3, -0.25) is 0 Å². The molecule has 1 heterocycles. The van der Waals surface area contributed by atoms with Crippen molar-refractivity contribution in [1.82, 2.24) is 10.2 Å². The van der Waals surface area contributed by atoms with Crippen LogP contribution >= 0.6 is 0 Å². The number of hydrogen-bond acceptors (Lipinski definition) is 4. The van der Waals surface area contributed by atoms with Crippen LogP contribution in [0.5, 0.6) is 5.75 Å². The molecule has 0 saturated carbocycles. The maximum Gasteiger partial charge on any atom is 0.148 e. The van der Waals surface area contributed by atoms with Gasteiger partial charge in [0, 0.05) is 12.1 Å². The van der Waals surface area contributed by atoms with Crippen LogP contribution in [0.3, 0.4) is 0 Å². The second-order valence-corrected chi connectivity index (χ2v) is 4.01. The second-order valence-electron chi connectivity index (χ2n) is 4.01. The molecule has 1 N–H and O–H groups in total. The summed E-state index contributed by atoms with van der Waals surface area (Å²) < 4.78 is 5.19. The minimum Gasteiger partial charge on any atom is -0.497 e. The smallest absolute Gasteiger partial charge is 0.148 e. The second kappa shape index (κ2) is 5.49. The minimum atomic E-state index is 0.799. The fraction of sp³-hybridized carbons (Fsp3) is 0.286. The van der Waals surface area contributed by atoms with Crippen LogP contribution in [0.1, 0.15) is 12.5 Å². The molecule has 2 rings (SSSR count). The maximum absolute atomic E-state index is 5.19. The molecule has 0 radical (unpaired) electrons. The Morgan fingerprint density at radius 2 is 2.00 bits per heavy atom. The van der Waals surface area contributed by atoms with E-state index in [4.69, 9.17) is 4.74 Å². The van der Waals surface area contributed by atoms with Gasteiger partial charge in [-0.25, -0.2) is 0 Å². The standard InChI is InChI=1S/C14H17N3O/c1-4-15-14-8-7-13(16-17-14)12-6-5-11(18-3)9-10(12)2/h5-9H,4H2,1-3H3,(H,15,17). The number of methoxy groups -OCH3 is 1. The number of benzene rings is 1. The summed E-state index contributed by atoms with van der Waals surface area (Å²) in [6.45, 7) is 4.91. The minimum absolute atomic E-state index is 0.799. The predicted molar refractivity (Wildman–Crippen MR) is 72.9 cm³/mol. The Morgan fingerprint density at radius 3 is 2.56 bits per heavy atom. The van der Waals surface area contributed by atoms with Crippen LogP contribution in [0.25, 0.3) is 11.3 Å². The quantitative estimate of drug-likeness (QED) is 0.897. The summed E-state index contributed by atoms with van der Waals surface area (Å²) in [5, 5.41) is 11.5. The van der Waals surface area contributed by atoms with Crippen molar-refractivity contribution in [3.05, 3.63) is 35.9 Å². The summed E-state index contributed by atoms with van der Waals surface area (Å²) in [5.74, 6) is 1.65. The third-order valence-electron chi connectivity index (χ3n) is 2.73. The molecule has 0 aliphatic heterocycles. The molecule has 0 atom stereocenters. The van der Waals surface area contributed by atoms with Crippen molar-refractivity contribution in [1.29, 1.82) is 0 Å². The van der Waals surface area contributed by atoms with Gasteiger partial charge in [-0.1, -0.05) is 0 Å². The Morgan fingerprint density at radius 1 is 1.17 bits per heavy atom. The summed E-state index contributed by atoms with van der Waals surface area (Å²) >= 11 is 0. The average molecular weight is 243 g/mol. The maximum atomic E-state index is 5.19. The van der Waals surface area contributed by atoms with E-state index >= 15 is 0 Å². The number of aromatic nitrogens is 2. The fourth-order valence-electron chi connectivity index (χ4n) is 1.80.